The van der Waals surface area contributed by atoms with Crippen LogP contribution in [0.1, 0.15) is 11.7 Å². The second-order valence-corrected chi connectivity index (χ2v) is 2.64. The van der Waals surface area contributed by atoms with Crippen molar-refractivity contribution in [1.29, 1.82) is 0 Å². The van der Waals surface area contributed by atoms with E-state index in [0.29, 0.717) is 6.61 Å². The standard InChI is InChI=1S/C10H10O2/c1-2-4-9(5-3-1)10-8-11-6-7-12-10/h1-7,10H,8H2. The van der Waals surface area contributed by atoms with E-state index < -0.39 is 0 Å². The van der Waals surface area contributed by atoms with Gasteiger partial charge < -0.3 is 9.47 Å². The Morgan fingerprint density at radius 1 is 1.08 bits per heavy atom. The first-order chi connectivity index (χ1) is 5.97. The van der Waals surface area contributed by atoms with Gasteiger partial charge in [-0.05, 0) is 5.56 Å². The molecule has 1 heterocycles. The lowest BCUT2D eigenvalue weighted by atomic mass is 10.1. The van der Waals surface area contributed by atoms with E-state index in [1.54, 1.807) is 12.5 Å². The zero-order valence-electron chi connectivity index (χ0n) is 6.64. The monoisotopic (exact) mass is 162 g/mol. The van der Waals surface area contributed by atoms with E-state index in [1.807, 2.05) is 30.3 Å². The largest absolute Gasteiger partial charge is 0.494 e. The maximum Gasteiger partial charge on any atom is 0.157 e. The molecule has 0 bridgehead atoms. The molecule has 0 fully saturated rings. The fourth-order valence-corrected chi connectivity index (χ4v) is 1.19. The Morgan fingerprint density at radius 2 is 1.92 bits per heavy atom. The van der Waals surface area contributed by atoms with Crippen LogP contribution in [0.5, 0.6) is 0 Å². The first-order valence-corrected chi connectivity index (χ1v) is 3.94. The molecule has 1 aliphatic heterocycles. The Kier molecular flexibility index (Phi) is 1.99. The van der Waals surface area contributed by atoms with E-state index in [9.17, 15) is 0 Å². The normalized spacial score (nSPS) is 21.2. The second-order valence-electron chi connectivity index (χ2n) is 2.64. The topological polar surface area (TPSA) is 18.5 Å². The summed E-state index contributed by atoms with van der Waals surface area (Å²) in [5.41, 5.74) is 1.15. The molecule has 2 nitrogen and oxygen atoms in total. The predicted octanol–water partition coefficient (Wildman–Crippen LogP) is 2.25. The summed E-state index contributed by atoms with van der Waals surface area (Å²) in [6.45, 7) is 0.598. The third-order valence-corrected chi connectivity index (χ3v) is 1.81. The van der Waals surface area contributed by atoms with Crippen LogP contribution in [0.2, 0.25) is 0 Å². The van der Waals surface area contributed by atoms with Crippen LogP contribution in [0.15, 0.2) is 42.9 Å². The van der Waals surface area contributed by atoms with Gasteiger partial charge in [0.25, 0.3) is 0 Å². The van der Waals surface area contributed by atoms with Crippen LogP contribution in [-0.2, 0) is 9.47 Å². The highest BCUT2D eigenvalue weighted by molar-refractivity contribution is 5.18. The highest BCUT2D eigenvalue weighted by Gasteiger charge is 2.13. The molecule has 1 atom stereocenters. The van der Waals surface area contributed by atoms with Gasteiger partial charge in [-0.2, -0.15) is 0 Å². The quantitative estimate of drug-likeness (QED) is 0.630. The summed E-state index contributed by atoms with van der Waals surface area (Å²) in [4.78, 5) is 0. The van der Waals surface area contributed by atoms with E-state index in [4.69, 9.17) is 9.47 Å². The minimum atomic E-state index is 0.0520. The molecule has 12 heavy (non-hydrogen) atoms. The molecule has 62 valence electrons. The summed E-state index contributed by atoms with van der Waals surface area (Å²) >= 11 is 0. The summed E-state index contributed by atoms with van der Waals surface area (Å²) in [6.07, 6.45) is 3.21. The molecular formula is C10H10O2. The van der Waals surface area contributed by atoms with E-state index in [1.165, 1.54) is 0 Å². The molecule has 0 radical (unpaired) electrons. The first-order valence-electron chi connectivity index (χ1n) is 3.94. The molecule has 0 saturated carbocycles. The predicted molar refractivity (Wildman–Crippen MR) is 45.4 cm³/mol. The van der Waals surface area contributed by atoms with Gasteiger partial charge in [-0.1, -0.05) is 30.3 Å². The maximum absolute atomic E-state index is 5.36. The molecule has 1 aromatic rings. The molecule has 2 rings (SSSR count). The van der Waals surface area contributed by atoms with Gasteiger partial charge in [0, 0.05) is 0 Å². The van der Waals surface area contributed by atoms with Gasteiger partial charge >= 0.3 is 0 Å². The van der Waals surface area contributed by atoms with Crippen LogP contribution in [0.25, 0.3) is 0 Å². The molecule has 0 N–H and O–H groups in total. The summed E-state index contributed by atoms with van der Waals surface area (Å²) in [7, 11) is 0. The van der Waals surface area contributed by atoms with E-state index in [0.717, 1.165) is 5.56 Å². The lowest BCUT2D eigenvalue weighted by Gasteiger charge is -2.19. The smallest absolute Gasteiger partial charge is 0.157 e. The van der Waals surface area contributed by atoms with Crippen LogP contribution in [0.3, 0.4) is 0 Å². The Balaban J connectivity index is 2.15. The van der Waals surface area contributed by atoms with Gasteiger partial charge in [-0.25, -0.2) is 0 Å². The van der Waals surface area contributed by atoms with Gasteiger partial charge in [0.2, 0.25) is 0 Å². The fraction of sp³-hybridized carbons (Fsp3) is 0.200. The highest BCUT2D eigenvalue weighted by atomic mass is 16.6. The van der Waals surface area contributed by atoms with E-state index in [-0.39, 0.29) is 6.10 Å². The molecule has 0 aromatic heterocycles. The zero-order chi connectivity index (χ0) is 8.23. The van der Waals surface area contributed by atoms with Crippen molar-refractivity contribution in [1.82, 2.24) is 0 Å². The van der Waals surface area contributed by atoms with Gasteiger partial charge in [-0.3, -0.25) is 0 Å². The Labute approximate surface area is 71.4 Å². The third-order valence-electron chi connectivity index (χ3n) is 1.81. The van der Waals surface area contributed by atoms with Crippen molar-refractivity contribution in [3.8, 4) is 0 Å². The number of hydrogen-bond acceptors (Lipinski definition) is 2. The molecule has 0 spiro atoms. The van der Waals surface area contributed by atoms with Crippen molar-refractivity contribution in [2.75, 3.05) is 6.61 Å². The Bertz CT molecular complexity index is 266. The number of benzene rings is 1. The van der Waals surface area contributed by atoms with Gasteiger partial charge in [0.1, 0.15) is 19.1 Å². The van der Waals surface area contributed by atoms with Crippen molar-refractivity contribution >= 4 is 0 Å². The van der Waals surface area contributed by atoms with Crippen LogP contribution in [0, 0.1) is 0 Å². The number of rotatable bonds is 1. The molecule has 1 aromatic carbocycles. The second kappa shape index (κ2) is 3.30. The summed E-state index contributed by atoms with van der Waals surface area (Å²) in [5.74, 6) is 0. The minimum absolute atomic E-state index is 0.0520. The summed E-state index contributed by atoms with van der Waals surface area (Å²) < 4.78 is 10.5. The molecule has 1 unspecified atom stereocenters. The first kappa shape index (κ1) is 7.22. The summed E-state index contributed by atoms with van der Waals surface area (Å²) in [5, 5.41) is 0. The zero-order valence-corrected chi connectivity index (χ0v) is 6.64. The Morgan fingerprint density at radius 3 is 2.58 bits per heavy atom. The average molecular weight is 162 g/mol. The van der Waals surface area contributed by atoms with Crippen molar-refractivity contribution in [3.63, 3.8) is 0 Å². The summed E-state index contributed by atoms with van der Waals surface area (Å²) in [6, 6.07) is 10.1. The maximum atomic E-state index is 5.36. The van der Waals surface area contributed by atoms with Crippen molar-refractivity contribution in [3.05, 3.63) is 48.4 Å². The van der Waals surface area contributed by atoms with Gasteiger partial charge in [0.15, 0.2) is 6.10 Å². The number of hydrogen-bond donors (Lipinski definition) is 0. The Hall–Kier alpha value is -1.44. The van der Waals surface area contributed by atoms with E-state index in [2.05, 4.69) is 0 Å². The van der Waals surface area contributed by atoms with Gasteiger partial charge in [0.05, 0.1) is 0 Å². The molecule has 0 aliphatic carbocycles. The lowest BCUT2D eigenvalue weighted by Crippen LogP contribution is -2.10. The number of ether oxygens (including phenoxy) is 2. The average Bonchev–Trinajstić information content (AvgIpc) is 2.21. The van der Waals surface area contributed by atoms with Crippen LogP contribution in [-0.4, -0.2) is 6.61 Å². The molecule has 1 aliphatic rings. The lowest BCUT2D eigenvalue weighted by molar-refractivity contribution is 0.0326. The highest BCUT2D eigenvalue weighted by Crippen LogP contribution is 2.20. The van der Waals surface area contributed by atoms with Crippen molar-refractivity contribution in [2.24, 2.45) is 0 Å². The molecule has 2 heteroatoms. The van der Waals surface area contributed by atoms with E-state index >= 15 is 0 Å². The SMILES string of the molecule is C1=COC(c2ccccc2)CO1. The van der Waals surface area contributed by atoms with Crippen molar-refractivity contribution in [2.45, 2.75) is 6.10 Å². The fourth-order valence-electron chi connectivity index (χ4n) is 1.19. The molecule has 0 amide bonds. The third kappa shape index (κ3) is 1.42. The van der Waals surface area contributed by atoms with Crippen LogP contribution in [0.4, 0.5) is 0 Å². The molecular weight excluding hydrogens is 152 g/mol. The van der Waals surface area contributed by atoms with Gasteiger partial charge in [-0.15, -0.1) is 0 Å². The van der Waals surface area contributed by atoms with Crippen LogP contribution >= 0.6 is 0 Å². The van der Waals surface area contributed by atoms with Crippen molar-refractivity contribution < 1.29 is 9.47 Å². The minimum Gasteiger partial charge on any atom is -0.494 e. The molecule has 0 saturated heterocycles. The van der Waals surface area contributed by atoms with Crippen LogP contribution < -0.4 is 0 Å².